The number of alkyl halides is 1. The van der Waals surface area contributed by atoms with Crippen LogP contribution in [0.25, 0.3) is 5.57 Å². The Morgan fingerprint density at radius 1 is 1.16 bits per heavy atom. The number of nitrogens with one attached hydrogen (secondary N) is 1. The Balaban J connectivity index is 1.16. The smallest absolute Gasteiger partial charge is 0.306 e. The lowest BCUT2D eigenvalue weighted by molar-refractivity contribution is -0.142. The number of benzene rings is 1. The summed E-state index contributed by atoms with van der Waals surface area (Å²) in [5.74, 6) is -1.86. The molecule has 0 saturated carbocycles. The van der Waals surface area contributed by atoms with E-state index in [1.165, 1.54) is 23.2 Å². The van der Waals surface area contributed by atoms with Gasteiger partial charge in [0.15, 0.2) is 11.2 Å². The highest BCUT2D eigenvalue weighted by Gasteiger charge is 2.48. The molecule has 10 nitrogen and oxygen atoms in total. The molecule has 228 valence electrons. The van der Waals surface area contributed by atoms with Crippen molar-refractivity contribution >= 4 is 45.5 Å². The maximum atomic E-state index is 16.4. The van der Waals surface area contributed by atoms with Gasteiger partial charge in [-0.25, -0.2) is 14.4 Å². The van der Waals surface area contributed by atoms with Gasteiger partial charge in [0.25, 0.3) is 11.8 Å². The Labute approximate surface area is 257 Å². The normalized spacial score (nSPS) is 22.6. The number of aryl methyl sites for hydroxylation is 1. The molecule has 1 aromatic carbocycles. The van der Waals surface area contributed by atoms with Crippen molar-refractivity contribution in [2.24, 2.45) is 5.92 Å². The number of aromatic nitrogens is 3. The van der Waals surface area contributed by atoms with Crippen molar-refractivity contribution < 1.29 is 23.9 Å². The summed E-state index contributed by atoms with van der Waals surface area (Å²) < 4.78 is 18.5. The number of carboxylic acids is 1. The van der Waals surface area contributed by atoms with Crippen LogP contribution in [0.15, 0.2) is 59.4 Å². The number of amides is 2. The van der Waals surface area contributed by atoms with E-state index < -0.39 is 29.5 Å². The van der Waals surface area contributed by atoms with Crippen molar-refractivity contribution in [1.29, 1.82) is 0 Å². The highest BCUT2D eigenvalue weighted by Crippen LogP contribution is 2.46. The minimum absolute atomic E-state index is 0.00155. The first-order valence-electron chi connectivity index (χ1n) is 15.0. The number of anilines is 2. The summed E-state index contributed by atoms with van der Waals surface area (Å²) in [5.41, 5.74) is 2.86. The molecular formula is C32H33FN6O4S. The zero-order chi connectivity index (χ0) is 30.6. The predicted molar refractivity (Wildman–Crippen MR) is 164 cm³/mol. The van der Waals surface area contributed by atoms with E-state index >= 15 is 4.39 Å². The second kappa shape index (κ2) is 11.0. The van der Waals surface area contributed by atoms with E-state index in [0.717, 1.165) is 36.3 Å². The third-order valence-electron chi connectivity index (χ3n) is 9.34. The summed E-state index contributed by atoms with van der Waals surface area (Å²) in [5, 5.41) is 14.3. The number of hydrogen-bond acceptors (Lipinski definition) is 7. The molecule has 7 rings (SSSR count). The Hall–Kier alpha value is -4.32. The zero-order valence-electron chi connectivity index (χ0n) is 24.3. The van der Waals surface area contributed by atoms with Crippen molar-refractivity contribution in [3.63, 3.8) is 0 Å². The first-order chi connectivity index (χ1) is 21.2. The van der Waals surface area contributed by atoms with Crippen LogP contribution in [-0.4, -0.2) is 67.6 Å². The molecule has 44 heavy (non-hydrogen) atoms. The predicted octanol–water partition coefficient (Wildman–Crippen LogP) is 4.62. The largest absolute Gasteiger partial charge is 0.481 e. The molecule has 0 spiro atoms. The van der Waals surface area contributed by atoms with Gasteiger partial charge in [0.1, 0.15) is 5.67 Å². The number of carbonyl (C=O) groups is 3. The molecule has 1 saturated heterocycles. The van der Waals surface area contributed by atoms with Crippen molar-refractivity contribution in [2.45, 2.75) is 57.3 Å². The number of imidazole rings is 1. The highest BCUT2D eigenvalue weighted by atomic mass is 32.1. The topological polar surface area (TPSA) is 121 Å². The number of carboxylic acid groups (broad SMARTS) is 1. The van der Waals surface area contributed by atoms with Crippen LogP contribution in [0.4, 0.5) is 15.2 Å². The van der Waals surface area contributed by atoms with E-state index in [4.69, 9.17) is 0 Å². The number of hydrogen-bond donors (Lipinski definition) is 2. The van der Waals surface area contributed by atoms with Crippen molar-refractivity contribution in [3.8, 4) is 0 Å². The van der Waals surface area contributed by atoms with Crippen LogP contribution in [0.2, 0.25) is 0 Å². The lowest BCUT2D eigenvalue weighted by atomic mass is 9.80. The van der Waals surface area contributed by atoms with Crippen molar-refractivity contribution in [2.75, 3.05) is 29.9 Å². The van der Waals surface area contributed by atoms with E-state index in [-0.39, 0.29) is 18.9 Å². The van der Waals surface area contributed by atoms with Crippen LogP contribution in [0.5, 0.6) is 0 Å². The van der Waals surface area contributed by atoms with Crippen LogP contribution in [0.1, 0.15) is 55.6 Å². The van der Waals surface area contributed by atoms with Gasteiger partial charge < -0.3 is 19.5 Å². The number of halogens is 1. The second-order valence-electron chi connectivity index (χ2n) is 12.1. The van der Waals surface area contributed by atoms with Gasteiger partial charge in [0, 0.05) is 61.1 Å². The fourth-order valence-electron chi connectivity index (χ4n) is 6.97. The van der Waals surface area contributed by atoms with Crippen LogP contribution >= 0.6 is 11.3 Å². The summed E-state index contributed by atoms with van der Waals surface area (Å²) in [6.07, 6.45) is 8.08. The fraction of sp³-hybridized carbons (Fsp3) is 0.406. The van der Waals surface area contributed by atoms with Gasteiger partial charge in [-0.05, 0) is 67.5 Å². The number of aliphatic carboxylic acids is 1. The lowest BCUT2D eigenvalue weighted by Crippen LogP contribution is -2.40. The van der Waals surface area contributed by atoms with Gasteiger partial charge >= 0.3 is 5.97 Å². The monoisotopic (exact) mass is 616 g/mol. The average molecular weight is 617 g/mol. The van der Waals surface area contributed by atoms with E-state index in [1.807, 2.05) is 28.8 Å². The lowest BCUT2D eigenvalue weighted by Gasteiger charge is -2.32. The molecule has 0 bridgehead atoms. The highest BCUT2D eigenvalue weighted by molar-refractivity contribution is 7.13. The standard InChI is InChI=1S/C32H33FN6O4S/c1-32(33)16-21(19-4-6-22(7-5-19)37-12-8-20(9-13-37)30(42)43)15-23-24(32)17-39(29(23)41)27(28(40)36-31-34-10-14-44-31)26-25-3-2-11-38(25)18-35-26/h4-7,10,14-15,18,20,27H,2-3,8-9,11-13,16-17H2,1H3,(H,42,43)(H,34,36,40). The quantitative estimate of drug-likeness (QED) is 0.398. The summed E-state index contributed by atoms with van der Waals surface area (Å²) in [7, 11) is 0. The molecule has 12 heteroatoms. The SMILES string of the molecule is CC1(F)CC(c2ccc(N3CCC(C(=O)O)CC3)cc2)=CC2=C1CN(C(C(=O)Nc1nccs1)c1ncn3c1CCC3)C2=O. The number of allylic oxidation sites excluding steroid dienone is 1. The van der Waals surface area contributed by atoms with E-state index in [0.29, 0.717) is 53.5 Å². The number of fused-ring (bicyclic) bond motifs is 1. The number of rotatable bonds is 7. The van der Waals surface area contributed by atoms with Gasteiger partial charge in [-0.2, -0.15) is 0 Å². The molecule has 2 N–H and O–H groups in total. The van der Waals surface area contributed by atoms with Crippen LogP contribution in [0, 0.1) is 5.92 Å². The van der Waals surface area contributed by atoms with E-state index in [1.54, 1.807) is 24.0 Å². The minimum atomic E-state index is -1.78. The Bertz CT molecular complexity index is 1690. The third-order valence-corrected chi connectivity index (χ3v) is 10.0. The Morgan fingerprint density at radius 2 is 1.93 bits per heavy atom. The molecule has 2 amide bonds. The molecule has 2 unspecified atom stereocenters. The maximum absolute atomic E-state index is 16.4. The Kier molecular flexibility index (Phi) is 7.11. The van der Waals surface area contributed by atoms with Crippen LogP contribution in [-0.2, 0) is 27.3 Å². The number of thiazole rings is 1. The molecule has 2 aromatic heterocycles. The molecule has 2 atom stereocenters. The maximum Gasteiger partial charge on any atom is 0.306 e. The van der Waals surface area contributed by atoms with Crippen molar-refractivity contribution in [3.05, 3.63) is 76.3 Å². The van der Waals surface area contributed by atoms with E-state index in [2.05, 4.69) is 20.2 Å². The number of carbonyl (C=O) groups excluding carboxylic acids is 2. The Morgan fingerprint density at radius 3 is 2.64 bits per heavy atom. The molecule has 3 aliphatic heterocycles. The van der Waals surface area contributed by atoms with Crippen LogP contribution in [0.3, 0.4) is 0 Å². The summed E-state index contributed by atoms with van der Waals surface area (Å²) in [6, 6.07) is 6.78. The fourth-order valence-corrected chi connectivity index (χ4v) is 7.50. The molecule has 3 aromatic rings. The molecular weight excluding hydrogens is 583 g/mol. The van der Waals surface area contributed by atoms with Gasteiger partial charge in [0.2, 0.25) is 0 Å². The third kappa shape index (κ3) is 5.00. The minimum Gasteiger partial charge on any atom is -0.481 e. The first-order valence-corrected chi connectivity index (χ1v) is 15.8. The summed E-state index contributed by atoms with van der Waals surface area (Å²) >= 11 is 1.28. The average Bonchev–Trinajstić information content (AvgIpc) is 3.81. The molecule has 1 fully saturated rings. The first kappa shape index (κ1) is 28.5. The van der Waals surface area contributed by atoms with Gasteiger partial charge in [-0.1, -0.05) is 12.1 Å². The molecule has 5 heterocycles. The summed E-state index contributed by atoms with van der Waals surface area (Å²) in [6.45, 7) is 3.64. The van der Waals surface area contributed by atoms with Gasteiger partial charge in [-0.3, -0.25) is 19.7 Å². The number of piperidine rings is 1. The van der Waals surface area contributed by atoms with Crippen molar-refractivity contribution in [1.82, 2.24) is 19.4 Å². The number of nitrogens with zero attached hydrogens (tertiary/aromatic N) is 5. The molecule has 4 aliphatic rings. The second-order valence-corrected chi connectivity index (χ2v) is 13.0. The van der Waals surface area contributed by atoms with E-state index in [9.17, 15) is 19.5 Å². The zero-order valence-corrected chi connectivity index (χ0v) is 25.1. The molecule has 0 radical (unpaired) electrons. The molecule has 1 aliphatic carbocycles. The van der Waals surface area contributed by atoms with Crippen LogP contribution < -0.4 is 10.2 Å². The summed E-state index contributed by atoms with van der Waals surface area (Å²) in [4.78, 5) is 51.5. The van der Waals surface area contributed by atoms with Gasteiger partial charge in [-0.15, -0.1) is 11.3 Å². The van der Waals surface area contributed by atoms with Gasteiger partial charge in [0.05, 0.1) is 17.9 Å².